The first-order valence-electron chi connectivity index (χ1n) is 10.9. The Balaban J connectivity index is 1.77. The van der Waals surface area contributed by atoms with E-state index in [1.54, 1.807) is 66.5 Å². The first-order valence-corrected chi connectivity index (χ1v) is 12.0. The standard InChI is InChI=1S/C26H21Cl3N4O3/c1-15-23(25(34)31-21(26(35)36-2)13-16-9-11-30-12-10-16)32-33(22-8-7-19(28)14-20(22)29)24(15)17-3-5-18(27)6-4-17/h3-12,14,21H,13H2,1-2H3,(H,31,34). The summed E-state index contributed by atoms with van der Waals surface area (Å²) < 4.78 is 6.51. The van der Waals surface area contributed by atoms with Crippen LogP contribution in [0.5, 0.6) is 0 Å². The number of halogens is 3. The fourth-order valence-electron chi connectivity index (χ4n) is 3.80. The number of aromatic nitrogens is 3. The number of carbonyl (C=O) groups is 2. The second-order valence-corrected chi connectivity index (χ2v) is 9.23. The Morgan fingerprint density at radius 2 is 1.67 bits per heavy atom. The number of esters is 1. The van der Waals surface area contributed by atoms with Crippen molar-refractivity contribution in [1.29, 1.82) is 0 Å². The van der Waals surface area contributed by atoms with E-state index in [9.17, 15) is 9.59 Å². The summed E-state index contributed by atoms with van der Waals surface area (Å²) in [6.07, 6.45) is 3.46. The zero-order valence-corrected chi connectivity index (χ0v) is 21.6. The molecule has 4 aromatic rings. The van der Waals surface area contributed by atoms with E-state index in [1.165, 1.54) is 7.11 Å². The van der Waals surface area contributed by atoms with Gasteiger partial charge in [-0.05, 0) is 55.0 Å². The van der Waals surface area contributed by atoms with Gasteiger partial charge in [-0.2, -0.15) is 5.10 Å². The molecule has 0 aliphatic rings. The lowest BCUT2D eigenvalue weighted by molar-refractivity contribution is -0.142. The average molecular weight is 544 g/mol. The molecular formula is C26H21Cl3N4O3. The van der Waals surface area contributed by atoms with Crippen LogP contribution in [0.1, 0.15) is 21.6 Å². The molecule has 10 heteroatoms. The number of nitrogens with one attached hydrogen (secondary N) is 1. The number of hydrogen-bond donors (Lipinski definition) is 1. The largest absolute Gasteiger partial charge is 0.467 e. The van der Waals surface area contributed by atoms with Crippen molar-refractivity contribution in [3.8, 4) is 16.9 Å². The van der Waals surface area contributed by atoms with Gasteiger partial charge in [0.25, 0.3) is 5.91 Å². The molecule has 36 heavy (non-hydrogen) atoms. The van der Waals surface area contributed by atoms with E-state index in [2.05, 4.69) is 15.4 Å². The smallest absolute Gasteiger partial charge is 0.328 e. The van der Waals surface area contributed by atoms with Crippen LogP contribution in [0.3, 0.4) is 0 Å². The van der Waals surface area contributed by atoms with Crippen LogP contribution in [0.4, 0.5) is 0 Å². The fourth-order valence-corrected chi connectivity index (χ4v) is 4.42. The highest BCUT2D eigenvalue weighted by molar-refractivity contribution is 6.35. The van der Waals surface area contributed by atoms with Crippen LogP contribution in [0.2, 0.25) is 15.1 Å². The molecule has 184 valence electrons. The molecule has 0 saturated carbocycles. The zero-order chi connectivity index (χ0) is 25.8. The number of hydrogen-bond acceptors (Lipinski definition) is 5. The highest BCUT2D eigenvalue weighted by Gasteiger charge is 2.28. The van der Waals surface area contributed by atoms with Crippen LogP contribution in [0.25, 0.3) is 16.9 Å². The van der Waals surface area contributed by atoms with Crippen molar-refractivity contribution in [3.63, 3.8) is 0 Å². The predicted octanol–water partition coefficient (Wildman–Crippen LogP) is 5.72. The molecule has 7 nitrogen and oxygen atoms in total. The molecule has 0 fully saturated rings. The third-order valence-electron chi connectivity index (χ3n) is 5.57. The van der Waals surface area contributed by atoms with Crippen molar-refractivity contribution >= 4 is 46.7 Å². The maximum Gasteiger partial charge on any atom is 0.328 e. The minimum atomic E-state index is -0.924. The summed E-state index contributed by atoms with van der Waals surface area (Å²) in [7, 11) is 1.27. The Hall–Kier alpha value is -3.39. The van der Waals surface area contributed by atoms with Gasteiger partial charge in [-0.1, -0.05) is 46.9 Å². The second kappa shape index (κ2) is 11.1. The molecule has 1 atom stereocenters. The van der Waals surface area contributed by atoms with Crippen LogP contribution in [0.15, 0.2) is 67.0 Å². The van der Waals surface area contributed by atoms with Crippen LogP contribution < -0.4 is 5.32 Å². The summed E-state index contributed by atoms with van der Waals surface area (Å²) in [5, 5.41) is 8.76. The summed E-state index contributed by atoms with van der Waals surface area (Å²) >= 11 is 18.7. The normalized spacial score (nSPS) is 11.7. The lowest BCUT2D eigenvalue weighted by Gasteiger charge is -2.16. The van der Waals surface area contributed by atoms with E-state index < -0.39 is 17.9 Å². The minimum Gasteiger partial charge on any atom is -0.467 e. The minimum absolute atomic E-state index is 0.134. The molecule has 1 amide bonds. The van der Waals surface area contributed by atoms with Gasteiger partial charge in [0.2, 0.25) is 0 Å². The molecule has 0 aliphatic carbocycles. The van der Waals surface area contributed by atoms with E-state index in [1.807, 2.05) is 12.1 Å². The van der Waals surface area contributed by atoms with Gasteiger partial charge < -0.3 is 10.1 Å². The highest BCUT2D eigenvalue weighted by Crippen LogP contribution is 2.33. The Kier molecular flexibility index (Phi) is 7.94. The van der Waals surface area contributed by atoms with Gasteiger partial charge in [0.05, 0.1) is 23.5 Å². The summed E-state index contributed by atoms with van der Waals surface area (Å²) in [4.78, 5) is 29.9. The van der Waals surface area contributed by atoms with Gasteiger partial charge in [-0.15, -0.1) is 0 Å². The van der Waals surface area contributed by atoms with Crippen molar-refractivity contribution in [2.24, 2.45) is 0 Å². The molecule has 2 aromatic heterocycles. The number of nitrogens with zero attached hydrogens (tertiary/aromatic N) is 3. The Labute approximate surface area is 223 Å². The molecule has 2 heterocycles. The topological polar surface area (TPSA) is 86.1 Å². The predicted molar refractivity (Wildman–Crippen MR) is 140 cm³/mol. The monoisotopic (exact) mass is 542 g/mol. The number of amides is 1. The van der Waals surface area contributed by atoms with Crippen LogP contribution >= 0.6 is 34.8 Å². The van der Waals surface area contributed by atoms with E-state index in [4.69, 9.17) is 39.5 Å². The first-order chi connectivity index (χ1) is 17.3. The van der Waals surface area contributed by atoms with Gasteiger partial charge in [0.15, 0.2) is 5.69 Å². The van der Waals surface area contributed by atoms with Gasteiger partial charge in [-0.25, -0.2) is 9.48 Å². The number of benzene rings is 2. The summed E-state index contributed by atoms with van der Waals surface area (Å²) in [6.45, 7) is 1.78. The first kappa shape index (κ1) is 25.7. The number of carbonyl (C=O) groups excluding carboxylic acids is 2. The average Bonchev–Trinajstić information content (AvgIpc) is 3.21. The number of rotatable bonds is 7. The molecule has 1 unspecified atom stereocenters. The van der Waals surface area contributed by atoms with Gasteiger partial charge in [-0.3, -0.25) is 9.78 Å². The summed E-state index contributed by atoms with van der Waals surface area (Å²) in [5.74, 6) is -1.10. The number of methoxy groups -OCH3 is 1. The van der Waals surface area contributed by atoms with E-state index in [0.717, 1.165) is 11.1 Å². The fraction of sp³-hybridized carbons (Fsp3) is 0.154. The van der Waals surface area contributed by atoms with E-state index in [-0.39, 0.29) is 12.1 Å². The Morgan fingerprint density at radius 3 is 2.31 bits per heavy atom. The molecule has 4 rings (SSSR count). The second-order valence-electron chi connectivity index (χ2n) is 7.95. The molecular weight excluding hydrogens is 523 g/mol. The van der Waals surface area contributed by atoms with Crippen molar-refractivity contribution in [2.75, 3.05) is 7.11 Å². The lowest BCUT2D eigenvalue weighted by Crippen LogP contribution is -2.43. The van der Waals surface area contributed by atoms with Gasteiger partial charge in [0.1, 0.15) is 6.04 Å². The maximum absolute atomic E-state index is 13.4. The number of ether oxygens (including phenoxy) is 1. The van der Waals surface area contributed by atoms with E-state index >= 15 is 0 Å². The van der Waals surface area contributed by atoms with Crippen LogP contribution in [-0.2, 0) is 16.0 Å². The SMILES string of the molecule is COC(=O)C(Cc1ccncc1)NC(=O)c1nn(-c2ccc(Cl)cc2Cl)c(-c2ccc(Cl)cc2)c1C. The highest BCUT2D eigenvalue weighted by atomic mass is 35.5. The molecule has 0 bridgehead atoms. The number of pyridine rings is 1. The lowest BCUT2D eigenvalue weighted by atomic mass is 10.0. The Morgan fingerprint density at radius 1 is 1.00 bits per heavy atom. The van der Waals surface area contributed by atoms with Crippen molar-refractivity contribution in [3.05, 3.63) is 98.9 Å². The van der Waals surface area contributed by atoms with Gasteiger partial charge in [0, 0.05) is 40.0 Å². The quantitative estimate of drug-likeness (QED) is 0.302. The molecule has 0 aliphatic heterocycles. The van der Waals surface area contributed by atoms with Crippen molar-refractivity contribution < 1.29 is 14.3 Å². The molecule has 1 N–H and O–H groups in total. The molecule has 0 spiro atoms. The van der Waals surface area contributed by atoms with Crippen LogP contribution in [-0.4, -0.2) is 39.8 Å². The molecule has 0 radical (unpaired) electrons. The molecule has 2 aromatic carbocycles. The van der Waals surface area contributed by atoms with Crippen molar-refractivity contribution in [1.82, 2.24) is 20.1 Å². The third-order valence-corrected chi connectivity index (χ3v) is 6.36. The maximum atomic E-state index is 13.4. The van der Waals surface area contributed by atoms with Crippen LogP contribution in [0, 0.1) is 6.92 Å². The third kappa shape index (κ3) is 5.54. The van der Waals surface area contributed by atoms with E-state index in [0.29, 0.717) is 32.0 Å². The molecule has 0 saturated heterocycles. The Bertz CT molecular complexity index is 1410. The summed E-state index contributed by atoms with van der Waals surface area (Å²) in [5.41, 5.74) is 3.50. The summed E-state index contributed by atoms with van der Waals surface area (Å²) in [6, 6.07) is 14.8. The van der Waals surface area contributed by atoms with Gasteiger partial charge >= 0.3 is 5.97 Å². The zero-order valence-electron chi connectivity index (χ0n) is 19.3. The van der Waals surface area contributed by atoms with Crippen molar-refractivity contribution in [2.45, 2.75) is 19.4 Å².